The number of hydrogen-bond acceptors (Lipinski definition) is 8. The number of ether oxygens (including phenoxy) is 2. The number of aromatic nitrogens is 1. The Kier molecular flexibility index (Phi) is 7.87. The molecule has 0 spiro atoms. The number of nitrogens with zero attached hydrogens (tertiary/aromatic N) is 1. The molecular formula is C36H42N2O6. The molecule has 0 bridgehead atoms. The zero-order chi connectivity index (χ0) is 31.4. The molecule has 232 valence electrons. The van der Waals surface area contributed by atoms with Gasteiger partial charge in [0.25, 0.3) is 5.88 Å². The average molecular weight is 599 g/mol. The lowest BCUT2D eigenvalue weighted by atomic mass is 9.47. The van der Waals surface area contributed by atoms with Gasteiger partial charge in [-0.3, -0.25) is 14.4 Å². The maximum absolute atomic E-state index is 15.0. The summed E-state index contributed by atoms with van der Waals surface area (Å²) in [6.07, 6.45) is 2.45. The Labute approximate surface area is 258 Å². The second kappa shape index (κ2) is 11.4. The van der Waals surface area contributed by atoms with Crippen molar-refractivity contribution in [3.8, 4) is 5.88 Å². The Morgan fingerprint density at radius 2 is 1.82 bits per heavy atom. The minimum absolute atomic E-state index is 0.0314. The highest BCUT2D eigenvalue weighted by atomic mass is 16.5. The molecule has 1 aromatic heterocycles. The maximum Gasteiger partial charge on any atom is 0.265 e. The highest BCUT2D eigenvalue weighted by Gasteiger charge is 2.71. The molecule has 8 heteroatoms. The number of Topliss-reactive ketones (excluding diaryl/α,β-unsaturated/α-hetero) is 3. The quantitative estimate of drug-likeness (QED) is 0.298. The molecule has 5 unspecified atom stereocenters. The third-order valence-electron chi connectivity index (χ3n) is 10.4. The lowest BCUT2D eigenvalue weighted by Gasteiger charge is -2.57. The summed E-state index contributed by atoms with van der Waals surface area (Å²) < 4.78 is 18.1. The van der Waals surface area contributed by atoms with Crippen molar-refractivity contribution in [2.45, 2.75) is 78.6 Å². The number of fused-ring (bicyclic) bond motifs is 4. The molecule has 0 saturated heterocycles. The number of methoxy groups -OCH3 is 1. The Bertz CT molecular complexity index is 1610. The van der Waals surface area contributed by atoms with E-state index >= 15 is 4.79 Å². The first-order valence-electron chi connectivity index (χ1n) is 15.8. The van der Waals surface area contributed by atoms with Gasteiger partial charge in [-0.25, -0.2) is 0 Å². The molecule has 1 fully saturated rings. The van der Waals surface area contributed by atoms with E-state index in [0.717, 1.165) is 28.7 Å². The van der Waals surface area contributed by atoms with Gasteiger partial charge in [0.15, 0.2) is 22.9 Å². The summed E-state index contributed by atoms with van der Waals surface area (Å²) >= 11 is 0. The number of ketones is 3. The van der Waals surface area contributed by atoms with Crippen LogP contribution in [0.25, 0.3) is 0 Å². The van der Waals surface area contributed by atoms with E-state index in [-0.39, 0.29) is 29.8 Å². The van der Waals surface area contributed by atoms with Crippen molar-refractivity contribution in [3.05, 3.63) is 81.6 Å². The minimum Gasteiger partial charge on any atom is -0.470 e. The van der Waals surface area contributed by atoms with E-state index in [2.05, 4.69) is 44.2 Å². The summed E-state index contributed by atoms with van der Waals surface area (Å²) in [6.45, 7) is 11.1. The zero-order valence-electron chi connectivity index (χ0n) is 26.5. The van der Waals surface area contributed by atoms with Gasteiger partial charge in [-0.1, -0.05) is 70.2 Å². The first-order chi connectivity index (χ1) is 21.1. The molecule has 0 radical (unpaired) electrons. The third kappa shape index (κ3) is 4.40. The van der Waals surface area contributed by atoms with Gasteiger partial charge >= 0.3 is 0 Å². The number of hydrogen-bond donors (Lipinski definition) is 1. The van der Waals surface area contributed by atoms with Crippen LogP contribution in [-0.2, 0) is 29.0 Å². The molecule has 1 saturated carbocycles. The topological polar surface area (TPSA) is 108 Å². The predicted octanol–water partition coefficient (Wildman–Crippen LogP) is 6.03. The summed E-state index contributed by atoms with van der Waals surface area (Å²) in [4.78, 5) is 44.3. The number of aryl methyl sites for hydroxylation is 2. The number of nitrogens with one attached hydrogen (secondary N) is 1. The normalized spacial score (nSPS) is 27.5. The predicted molar refractivity (Wildman–Crippen MR) is 165 cm³/mol. The van der Waals surface area contributed by atoms with Crippen LogP contribution in [0.1, 0.15) is 95.3 Å². The van der Waals surface area contributed by atoms with Crippen molar-refractivity contribution in [3.63, 3.8) is 0 Å². The number of carbonyl (C=O) groups is 3. The second-order valence-corrected chi connectivity index (χ2v) is 13.2. The average Bonchev–Trinajstić information content (AvgIpc) is 3.44. The van der Waals surface area contributed by atoms with Crippen LogP contribution < -0.4 is 10.1 Å². The van der Waals surface area contributed by atoms with Gasteiger partial charge in [-0.2, -0.15) is 0 Å². The molecule has 3 aliphatic rings. The smallest absolute Gasteiger partial charge is 0.265 e. The molecule has 0 amide bonds. The molecule has 2 aromatic carbocycles. The van der Waals surface area contributed by atoms with E-state index in [1.165, 1.54) is 7.11 Å². The van der Waals surface area contributed by atoms with Crippen molar-refractivity contribution in [2.24, 2.45) is 23.2 Å². The Morgan fingerprint density at radius 3 is 2.48 bits per heavy atom. The fourth-order valence-corrected chi connectivity index (χ4v) is 8.08. The fourth-order valence-electron chi connectivity index (χ4n) is 8.08. The first-order valence-corrected chi connectivity index (χ1v) is 15.8. The second-order valence-electron chi connectivity index (χ2n) is 13.2. The molecule has 1 N–H and O–H groups in total. The summed E-state index contributed by atoms with van der Waals surface area (Å²) in [7, 11) is 1.41. The highest BCUT2D eigenvalue weighted by molar-refractivity contribution is 6.27. The Hall–Kier alpha value is -3.62. The number of carbonyl (C=O) groups excluding carboxylic acids is 3. The first kappa shape index (κ1) is 30.4. The van der Waals surface area contributed by atoms with Gasteiger partial charge in [-0.05, 0) is 77.9 Å². The molecule has 8 nitrogen and oxygen atoms in total. The fraction of sp³-hybridized carbons (Fsp3) is 0.500. The van der Waals surface area contributed by atoms with Gasteiger partial charge < -0.3 is 19.3 Å². The van der Waals surface area contributed by atoms with Crippen molar-refractivity contribution >= 4 is 17.3 Å². The zero-order valence-corrected chi connectivity index (χ0v) is 26.5. The van der Waals surface area contributed by atoms with Gasteiger partial charge in [0.1, 0.15) is 12.2 Å². The van der Waals surface area contributed by atoms with Crippen molar-refractivity contribution < 1.29 is 28.4 Å². The monoisotopic (exact) mass is 598 g/mol. The van der Waals surface area contributed by atoms with Gasteiger partial charge in [0.05, 0.1) is 12.0 Å². The van der Waals surface area contributed by atoms with Crippen molar-refractivity contribution in [2.75, 3.05) is 13.7 Å². The van der Waals surface area contributed by atoms with Crippen LogP contribution in [0.2, 0.25) is 0 Å². The minimum atomic E-state index is -1.88. The van der Waals surface area contributed by atoms with Crippen LogP contribution in [-0.4, -0.2) is 41.8 Å². The van der Waals surface area contributed by atoms with Gasteiger partial charge in [0, 0.05) is 18.6 Å². The molecule has 44 heavy (non-hydrogen) atoms. The standard InChI is InChI=1S/C36H42N2O6/c1-7-23-15-14-21(5)26-24(23)16-35(8-2)17-25-29(37-18-20(3)4)31-27(32(40)36(25,42-6)33(41)28(35)30(26)39)34(38-44-31)43-19-22-12-10-9-11-13-22/h9-15,20,25,28-29,37H,7-8,16-19H2,1-6H3. The highest BCUT2D eigenvalue weighted by Crippen LogP contribution is 2.60. The van der Waals surface area contributed by atoms with E-state index in [0.29, 0.717) is 37.1 Å². The van der Waals surface area contributed by atoms with E-state index < -0.39 is 40.5 Å². The molecule has 6 rings (SSSR count). The summed E-state index contributed by atoms with van der Waals surface area (Å²) in [5, 5.41) is 7.81. The van der Waals surface area contributed by atoms with Crippen LogP contribution in [0.15, 0.2) is 47.0 Å². The number of benzene rings is 2. The van der Waals surface area contributed by atoms with Crippen molar-refractivity contribution in [1.82, 2.24) is 10.5 Å². The van der Waals surface area contributed by atoms with Crippen LogP contribution in [0.5, 0.6) is 5.88 Å². The van der Waals surface area contributed by atoms with Crippen LogP contribution >= 0.6 is 0 Å². The molecule has 0 aliphatic heterocycles. The van der Waals surface area contributed by atoms with Crippen molar-refractivity contribution in [1.29, 1.82) is 0 Å². The lowest BCUT2D eigenvalue weighted by Crippen LogP contribution is -2.70. The molecule has 5 atom stereocenters. The maximum atomic E-state index is 15.0. The molecule has 3 aromatic rings. The summed E-state index contributed by atoms with van der Waals surface area (Å²) in [5.74, 6) is -2.12. The molecular weight excluding hydrogens is 556 g/mol. The summed E-state index contributed by atoms with van der Waals surface area (Å²) in [5.41, 5.74) is 2.14. The van der Waals surface area contributed by atoms with Gasteiger partial charge in [0.2, 0.25) is 5.78 Å². The van der Waals surface area contributed by atoms with Crippen LogP contribution in [0, 0.1) is 30.1 Å². The largest absolute Gasteiger partial charge is 0.470 e. The Balaban J connectivity index is 1.50. The number of rotatable bonds is 9. The van der Waals surface area contributed by atoms with Gasteiger partial charge in [-0.15, -0.1) is 0 Å². The Morgan fingerprint density at radius 1 is 1.07 bits per heavy atom. The molecule has 3 aliphatic carbocycles. The molecule has 1 heterocycles. The lowest BCUT2D eigenvalue weighted by molar-refractivity contribution is -0.164. The van der Waals surface area contributed by atoms with Crippen LogP contribution in [0.3, 0.4) is 0 Å². The summed E-state index contributed by atoms with van der Waals surface area (Å²) in [6, 6.07) is 13.1. The van der Waals surface area contributed by atoms with E-state index in [1.807, 2.05) is 43.3 Å². The van der Waals surface area contributed by atoms with E-state index in [9.17, 15) is 9.59 Å². The SMILES string of the molecule is CCc1ccc(C)c2c1CC1(CC)CC3C(NCC(C)C)c4onc(OCc5ccccc5)c4C(=O)C3(OC)C(=O)C1C2=O. The van der Waals surface area contributed by atoms with E-state index in [4.69, 9.17) is 14.0 Å². The van der Waals surface area contributed by atoms with Crippen LogP contribution in [0.4, 0.5) is 0 Å². The third-order valence-corrected chi connectivity index (χ3v) is 10.4. The van der Waals surface area contributed by atoms with E-state index in [1.54, 1.807) is 0 Å².